The average molecular weight is 518 g/mol. The van der Waals surface area contributed by atoms with Crippen LogP contribution in [-0.4, -0.2) is 29.8 Å². The van der Waals surface area contributed by atoms with E-state index in [0.717, 1.165) is 38.0 Å². The van der Waals surface area contributed by atoms with Crippen LogP contribution in [0.4, 0.5) is 0 Å². The number of hydrogen-bond acceptors (Lipinski definition) is 6. The van der Waals surface area contributed by atoms with Crippen molar-refractivity contribution in [1.29, 1.82) is 0 Å². The van der Waals surface area contributed by atoms with Gasteiger partial charge in [0, 0.05) is 5.56 Å². The van der Waals surface area contributed by atoms with Crippen molar-refractivity contribution < 1.29 is 24.1 Å². The second kappa shape index (κ2) is 11.0. The zero-order valence-electron chi connectivity index (χ0n) is 21.7. The summed E-state index contributed by atoms with van der Waals surface area (Å²) in [6.45, 7) is 8.41. The van der Waals surface area contributed by atoms with E-state index < -0.39 is 5.97 Å². The van der Waals surface area contributed by atoms with Crippen molar-refractivity contribution in [2.24, 2.45) is 0 Å². The molecule has 1 aromatic heterocycles. The van der Waals surface area contributed by atoms with E-state index >= 15 is 0 Å². The first-order chi connectivity index (χ1) is 17.6. The van der Waals surface area contributed by atoms with Gasteiger partial charge in [-0.3, -0.25) is 0 Å². The summed E-state index contributed by atoms with van der Waals surface area (Å²) in [7, 11) is 1.65. The normalized spacial score (nSPS) is 11.3. The Hall–Kier alpha value is -3.84. The van der Waals surface area contributed by atoms with Gasteiger partial charge in [0.2, 0.25) is 0 Å². The third-order valence-corrected chi connectivity index (χ3v) is 6.99. The fraction of sp³-hybridized carbons (Fsp3) is 0.267. The molecule has 192 valence electrons. The largest absolute Gasteiger partial charge is 0.497 e. The van der Waals surface area contributed by atoms with Gasteiger partial charge in [-0.2, -0.15) is 0 Å². The van der Waals surface area contributed by atoms with E-state index in [0.29, 0.717) is 18.1 Å². The van der Waals surface area contributed by atoms with E-state index in [1.807, 2.05) is 37.3 Å². The Morgan fingerprint density at radius 3 is 2.16 bits per heavy atom. The summed E-state index contributed by atoms with van der Waals surface area (Å²) in [4.78, 5) is 16.8. The molecule has 37 heavy (non-hydrogen) atoms. The Kier molecular flexibility index (Phi) is 7.83. The molecule has 0 fully saturated rings. The number of aromatic nitrogens is 1. The van der Waals surface area contributed by atoms with E-state index in [9.17, 15) is 4.79 Å². The molecule has 0 saturated heterocycles. The Balaban J connectivity index is 1.60. The van der Waals surface area contributed by atoms with Crippen molar-refractivity contribution >= 4 is 17.3 Å². The predicted octanol–water partition coefficient (Wildman–Crippen LogP) is 7.13. The van der Waals surface area contributed by atoms with Gasteiger partial charge in [0.25, 0.3) is 0 Å². The van der Waals surface area contributed by atoms with Gasteiger partial charge in [-0.15, -0.1) is 11.3 Å². The van der Waals surface area contributed by atoms with E-state index in [1.165, 1.54) is 5.56 Å². The second-order valence-electron chi connectivity index (χ2n) is 9.74. The lowest BCUT2D eigenvalue weighted by Gasteiger charge is -2.19. The first-order valence-corrected chi connectivity index (χ1v) is 12.8. The minimum absolute atomic E-state index is 0.0798. The lowest BCUT2D eigenvalue weighted by molar-refractivity contribution is -0.139. The molecule has 0 amide bonds. The van der Waals surface area contributed by atoms with E-state index in [4.69, 9.17) is 24.3 Å². The Morgan fingerprint density at radius 2 is 1.57 bits per heavy atom. The van der Waals surface area contributed by atoms with Crippen molar-refractivity contribution in [1.82, 2.24) is 4.98 Å². The van der Waals surface area contributed by atoms with Gasteiger partial charge in [0.05, 0.1) is 17.7 Å². The molecule has 7 heteroatoms. The van der Waals surface area contributed by atoms with Crippen LogP contribution in [0.3, 0.4) is 0 Å². The van der Waals surface area contributed by atoms with Crippen LogP contribution in [-0.2, 0) is 16.8 Å². The molecule has 0 aliphatic heterocycles. The van der Waals surface area contributed by atoms with Gasteiger partial charge in [0.15, 0.2) is 6.61 Å². The van der Waals surface area contributed by atoms with Crippen molar-refractivity contribution in [3.8, 4) is 38.9 Å². The summed E-state index contributed by atoms with van der Waals surface area (Å²) < 4.78 is 16.7. The van der Waals surface area contributed by atoms with Crippen LogP contribution in [0, 0.1) is 6.92 Å². The number of benzene rings is 3. The molecule has 0 spiro atoms. The number of thiazole rings is 1. The molecule has 4 rings (SSSR count). The molecule has 0 bridgehead atoms. The molecule has 0 radical (unpaired) electrons. The number of methoxy groups -OCH3 is 1. The maximum Gasteiger partial charge on any atom is 0.341 e. The summed E-state index contributed by atoms with van der Waals surface area (Å²) >= 11 is 1.61. The van der Waals surface area contributed by atoms with Gasteiger partial charge in [-0.25, -0.2) is 9.78 Å². The first-order valence-electron chi connectivity index (χ1n) is 12.0. The number of carboxylic acid groups (broad SMARTS) is 1. The lowest BCUT2D eigenvalue weighted by atomic mass is 9.86. The predicted molar refractivity (Wildman–Crippen MR) is 147 cm³/mol. The minimum atomic E-state index is -1.01. The third kappa shape index (κ3) is 6.49. The zero-order valence-corrected chi connectivity index (χ0v) is 22.5. The molecule has 1 N–H and O–H groups in total. The van der Waals surface area contributed by atoms with Crippen LogP contribution >= 0.6 is 11.3 Å². The van der Waals surface area contributed by atoms with Crippen molar-refractivity contribution in [2.75, 3.05) is 13.7 Å². The summed E-state index contributed by atoms with van der Waals surface area (Å²) in [5, 5.41) is 9.68. The highest BCUT2D eigenvalue weighted by Gasteiger charge is 2.18. The van der Waals surface area contributed by atoms with Crippen LogP contribution in [0.15, 0.2) is 66.7 Å². The summed E-state index contributed by atoms with van der Waals surface area (Å²) in [6, 6.07) is 21.9. The van der Waals surface area contributed by atoms with E-state index in [2.05, 4.69) is 45.0 Å². The molecule has 4 aromatic rings. The van der Waals surface area contributed by atoms with Gasteiger partial charge >= 0.3 is 5.97 Å². The lowest BCUT2D eigenvalue weighted by Crippen LogP contribution is -2.10. The minimum Gasteiger partial charge on any atom is -0.497 e. The molecule has 0 aliphatic rings. The van der Waals surface area contributed by atoms with Crippen LogP contribution < -0.4 is 14.2 Å². The highest BCUT2D eigenvalue weighted by Crippen LogP contribution is 2.38. The topological polar surface area (TPSA) is 77.9 Å². The van der Waals surface area contributed by atoms with Gasteiger partial charge in [-0.05, 0) is 71.5 Å². The fourth-order valence-corrected chi connectivity index (χ4v) is 4.85. The molecule has 0 saturated carbocycles. The summed E-state index contributed by atoms with van der Waals surface area (Å²) in [5.41, 5.74) is 5.18. The molecule has 3 aromatic carbocycles. The van der Waals surface area contributed by atoms with Crippen molar-refractivity contribution in [2.45, 2.75) is 39.7 Å². The third-order valence-electron chi connectivity index (χ3n) is 5.91. The van der Waals surface area contributed by atoms with E-state index in [1.54, 1.807) is 30.6 Å². The quantitative estimate of drug-likeness (QED) is 0.254. The van der Waals surface area contributed by atoms with Gasteiger partial charge in [-0.1, -0.05) is 45.0 Å². The molecule has 1 heterocycles. The number of aryl methyl sites for hydroxylation is 1. The first kappa shape index (κ1) is 26.2. The number of hydrogen-bond donors (Lipinski definition) is 1. The number of carboxylic acids is 1. The van der Waals surface area contributed by atoms with Crippen LogP contribution in [0.2, 0.25) is 0 Å². The number of nitrogens with zero attached hydrogens (tertiary/aromatic N) is 1. The Labute approximate surface area is 221 Å². The number of carbonyl (C=O) groups is 1. The molecule has 6 nitrogen and oxygen atoms in total. The monoisotopic (exact) mass is 517 g/mol. The fourth-order valence-electron chi connectivity index (χ4n) is 3.85. The van der Waals surface area contributed by atoms with Crippen LogP contribution in [0.25, 0.3) is 21.7 Å². The standard InChI is InChI=1S/C30H31NO5S/c1-19-16-24(14-15-25(19)36-18-27(32)33)35-17-26-31-28(20-8-12-23(34-5)13-9-20)29(37-26)21-6-10-22(11-7-21)30(2,3)4/h6-16H,17-18H2,1-5H3,(H,32,33). The average Bonchev–Trinajstić information content (AvgIpc) is 3.31. The van der Waals surface area contributed by atoms with E-state index in [-0.39, 0.29) is 12.0 Å². The SMILES string of the molecule is COc1ccc(-c2nc(COc3ccc(OCC(=O)O)c(C)c3)sc2-c2ccc(C(C)(C)C)cc2)cc1. The number of aliphatic carboxylic acids is 1. The maximum atomic E-state index is 10.8. The summed E-state index contributed by atoms with van der Waals surface area (Å²) in [6.07, 6.45) is 0. The molecular weight excluding hydrogens is 486 g/mol. The summed E-state index contributed by atoms with van der Waals surface area (Å²) in [5.74, 6) is 0.967. The van der Waals surface area contributed by atoms with Crippen LogP contribution in [0.1, 0.15) is 36.9 Å². The highest BCUT2D eigenvalue weighted by molar-refractivity contribution is 7.15. The van der Waals surface area contributed by atoms with Gasteiger partial charge in [0.1, 0.15) is 28.9 Å². The Morgan fingerprint density at radius 1 is 0.919 bits per heavy atom. The molecule has 0 unspecified atom stereocenters. The van der Waals surface area contributed by atoms with Crippen molar-refractivity contribution in [3.05, 3.63) is 82.9 Å². The second-order valence-corrected chi connectivity index (χ2v) is 10.8. The van der Waals surface area contributed by atoms with Gasteiger partial charge < -0.3 is 19.3 Å². The zero-order chi connectivity index (χ0) is 26.6. The number of ether oxygens (including phenoxy) is 3. The molecular formula is C30H31NO5S. The smallest absolute Gasteiger partial charge is 0.341 e. The molecule has 0 atom stereocenters. The Bertz CT molecular complexity index is 1370. The van der Waals surface area contributed by atoms with Crippen LogP contribution in [0.5, 0.6) is 17.2 Å². The highest BCUT2D eigenvalue weighted by atomic mass is 32.1. The molecule has 0 aliphatic carbocycles. The maximum absolute atomic E-state index is 10.8. The number of rotatable bonds is 9. The van der Waals surface area contributed by atoms with Crippen molar-refractivity contribution in [3.63, 3.8) is 0 Å².